The zero-order valence-corrected chi connectivity index (χ0v) is 15.6. The third kappa shape index (κ3) is 4.73. The number of urea groups is 1. The van der Waals surface area contributed by atoms with Crippen molar-refractivity contribution in [3.8, 4) is 0 Å². The molecular weight excluding hydrogens is 314 g/mol. The van der Waals surface area contributed by atoms with Gasteiger partial charge >= 0.3 is 6.03 Å². The molecule has 2 aliphatic rings. The maximum atomic E-state index is 12.2. The summed E-state index contributed by atoms with van der Waals surface area (Å²) in [4.78, 5) is 18.5. The Bertz CT molecular complexity index is 563. The fourth-order valence-electron chi connectivity index (χ4n) is 4.17. The monoisotopic (exact) mass is 345 g/mol. The van der Waals surface area contributed by atoms with Gasteiger partial charge in [0.25, 0.3) is 0 Å². The molecule has 3 rings (SSSR count). The highest BCUT2D eigenvalue weighted by Gasteiger charge is 2.42. The molecule has 2 heterocycles. The van der Waals surface area contributed by atoms with Crippen LogP contribution in [0, 0.1) is 5.41 Å². The van der Waals surface area contributed by atoms with Gasteiger partial charge in [-0.2, -0.15) is 0 Å². The Labute approximate surface area is 151 Å². The van der Waals surface area contributed by atoms with Gasteiger partial charge in [-0.15, -0.1) is 0 Å². The Morgan fingerprint density at radius 1 is 1.16 bits per heavy atom. The Balaban J connectivity index is 1.43. The molecule has 25 heavy (non-hydrogen) atoms. The van der Waals surface area contributed by atoms with Gasteiger partial charge in [0, 0.05) is 45.7 Å². The first-order valence-electron chi connectivity index (χ1n) is 9.38. The van der Waals surface area contributed by atoms with Crippen LogP contribution < -0.4 is 0 Å². The predicted molar refractivity (Wildman–Crippen MR) is 99.5 cm³/mol. The van der Waals surface area contributed by atoms with Gasteiger partial charge in [0.2, 0.25) is 0 Å². The van der Waals surface area contributed by atoms with Crippen molar-refractivity contribution < 1.29 is 9.53 Å². The first kappa shape index (κ1) is 18.2. The summed E-state index contributed by atoms with van der Waals surface area (Å²) in [5, 5.41) is 0. The minimum absolute atomic E-state index is 0.153. The molecule has 0 unspecified atom stereocenters. The van der Waals surface area contributed by atoms with Gasteiger partial charge in [-0.25, -0.2) is 4.79 Å². The number of amides is 2. The van der Waals surface area contributed by atoms with E-state index in [0.29, 0.717) is 12.0 Å². The summed E-state index contributed by atoms with van der Waals surface area (Å²) in [6.45, 7) is 6.49. The average molecular weight is 345 g/mol. The summed E-state index contributed by atoms with van der Waals surface area (Å²) in [5.74, 6) is 0. The lowest BCUT2D eigenvalue weighted by Crippen LogP contribution is -2.47. The van der Waals surface area contributed by atoms with E-state index >= 15 is 0 Å². The molecular formula is C20H31N3O2. The number of ether oxygens (including phenoxy) is 1. The van der Waals surface area contributed by atoms with Crippen LogP contribution in [-0.4, -0.2) is 74.2 Å². The van der Waals surface area contributed by atoms with Gasteiger partial charge in [0.15, 0.2) is 0 Å². The van der Waals surface area contributed by atoms with Crippen molar-refractivity contribution in [1.29, 1.82) is 0 Å². The Morgan fingerprint density at radius 3 is 2.72 bits per heavy atom. The minimum Gasteiger partial charge on any atom is -0.375 e. The highest BCUT2D eigenvalue weighted by molar-refractivity contribution is 5.74. The van der Waals surface area contributed by atoms with Crippen molar-refractivity contribution in [3.63, 3.8) is 0 Å². The van der Waals surface area contributed by atoms with Crippen molar-refractivity contribution >= 4 is 6.03 Å². The molecule has 5 nitrogen and oxygen atoms in total. The fraction of sp³-hybridized carbons (Fsp3) is 0.650. The molecule has 1 aromatic rings. The summed E-state index contributed by atoms with van der Waals surface area (Å²) >= 11 is 0. The second-order valence-corrected chi connectivity index (χ2v) is 7.77. The third-order valence-electron chi connectivity index (χ3n) is 5.50. The standard InChI is InChI=1S/C20H31N3O2/c1-21(2)19(24)23-12-10-20(17-23)9-6-11-22(16-20)13-14-25-15-18-7-4-3-5-8-18/h3-5,7-8H,6,9-17H2,1-2H3/t20-/m1/s1. The Hall–Kier alpha value is -1.59. The lowest BCUT2D eigenvalue weighted by atomic mass is 9.79. The second-order valence-electron chi connectivity index (χ2n) is 7.77. The minimum atomic E-state index is 0.153. The summed E-state index contributed by atoms with van der Waals surface area (Å²) in [6, 6.07) is 10.5. The number of piperidine rings is 1. The van der Waals surface area contributed by atoms with Crippen LogP contribution >= 0.6 is 0 Å². The van der Waals surface area contributed by atoms with Gasteiger partial charge in [-0.05, 0) is 31.4 Å². The molecule has 2 aliphatic heterocycles. The molecule has 138 valence electrons. The van der Waals surface area contributed by atoms with Crippen LogP contribution in [0.25, 0.3) is 0 Å². The fourth-order valence-corrected chi connectivity index (χ4v) is 4.17. The first-order chi connectivity index (χ1) is 12.1. The molecule has 0 saturated carbocycles. The van der Waals surface area contributed by atoms with Crippen LogP contribution in [0.4, 0.5) is 4.79 Å². The van der Waals surface area contributed by atoms with Gasteiger partial charge in [-0.3, -0.25) is 0 Å². The molecule has 2 saturated heterocycles. The van der Waals surface area contributed by atoms with Crippen LogP contribution in [0.3, 0.4) is 0 Å². The largest absolute Gasteiger partial charge is 0.375 e. The summed E-state index contributed by atoms with van der Waals surface area (Å²) < 4.78 is 5.85. The quantitative estimate of drug-likeness (QED) is 0.770. The molecule has 2 amide bonds. The maximum Gasteiger partial charge on any atom is 0.319 e. The van der Waals surface area contributed by atoms with Crippen LogP contribution in [-0.2, 0) is 11.3 Å². The highest BCUT2D eigenvalue weighted by atomic mass is 16.5. The normalized spacial score (nSPS) is 24.0. The number of hydrogen-bond donors (Lipinski definition) is 0. The number of likely N-dealkylation sites (tertiary alicyclic amines) is 2. The average Bonchev–Trinajstić information content (AvgIpc) is 3.02. The lowest BCUT2D eigenvalue weighted by molar-refractivity contribution is 0.0496. The van der Waals surface area contributed by atoms with Crippen molar-refractivity contribution in [3.05, 3.63) is 35.9 Å². The van der Waals surface area contributed by atoms with Crippen LogP contribution in [0.1, 0.15) is 24.8 Å². The third-order valence-corrected chi connectivity index (χ3v) is 5.50. The van der Waals surface area contributed by atoms with E-state index in [9.17, 15) is 4.79 Å². The molecule has 1 atom stereocenters. The van der Waals surface area contributed by atoms with E-state index in [0.717, 1.165) is 45.8 Å². The molecule has 0 bridgehead atoms. The molecule has 1 aromatic carbocycles. The lowest BCUT2D eigenvalue weighted by Gasteiger charge is -2.40. The predicted octanol–water partition coefficient (Wildman–Crippen LogP) is 2.67. The van der Waals surface area contributed by atoms with Gasteiger partial charge in [0.05, 0.1) is 13.2 Å². The van der Waals surface area contributed by atoms with E-state index in [-0.39, 0.29) is 6.03 Å². The number of hydrogen-bond acceptors (Lipinski definition) is 3. The molecule has 1 spiro atoms. The second kappa shape index (κ2) is 8.19. The number of rotatable bonds is 5. The SMILES string of the molecule is CN(C)C(=O)N1CC[C@@]2(CCCN(CCOCc3ccccc3)C2)C1. The number of benzene rings is 1. The molecule has 0 aliphatic carbocycles. The van der Waals surface area contributed by atoms with Gasteiger partial charge in [0.1, 0.15) is 0 Å². The van der Waals surface area contributed by atoms with E-state index in [1.807, 2.05) is 37.2 Å². The number of nitrogens with zero attached hydrogens (tertiary/aromatic N) is 3. The van der Waals surface area contributed by atoms with Crippen molar-refractivity contribution in [2.24, 2.45) is 5.41 Å². The molecule has 0 N–H and O–H groups in total. The van der Waals surface area contributed by atoms with E-state index in [4.69, 9.17) is 4.74 Å². The zero-order valence-electron chi connectivity index (χ0n) is 15.6. The van der Waals surface area contributed by atoms with E-state index in [1.165, 1.54) is 18.4 Å². The van der Waals surface area contributed by atoms with Crippen molar-refractivity contribution in [1.82, 2.24) is 14.7 Å². The Kier molecular flexibility index (Phi) is 5.97. The smallest absolute Gasteiger partial charge is 0.319 e. The molecule has 0 radical (unpaired) electrons. The highest BCUT2D eigenvalue weighted by Crippen LogP contribution is 2.39. The summed E-state index contributed by atoms with van der Waals surface area (Å²) in [5.41, 5.74) is 1.52. The van der Waals surface area contributed by atoms with Crippen LogP contribution in [0.2, 0.25) is 0 Å². The van der Waals surface area contributed by atoms with Gasteiger partial charge < -0.3 is 19.4 Å². The maximum absolute atomic E-state index is 12.2. The number of carbonyl (C=O) groups excluding carboxylic acids is 1. The summed E-state index contributed by atoms with van der Waals surface area (Å²) in [7, 11) is 3.68. The van der Waals surface area contributed by atoms with E-state index in [2.05, 4.69) is 17.0 Å². The van der Waals surface area contributed by atoms with Gasteiger partial charge in [-0.1, -0.05) is 30.3 Å². The zero-order chi connectivity index (χ0) is 17.7. The molecule has 0 aromatic heterocycles. The Morgan fingerprint density at radius 2 is 1.96 bits per heavy atom. The van der Waals surface area contributed by atoms with Crippen LogP contribution in [0.5, 0.6) is 0 Å². The molecule has 2 fully saturated rings. The van der Waals surface area contributed by atoms with Crippen LogP contribution in [0.15, 0.2) is 30.3 Å². The van der Waals surface area contributed by atoms with E-state index in [1.54, 1.807) is 4.90 Å². The van der Waals surface area contributed by atoms with Crippen molar-refractivity contribution in [2.45, 2.75) is 25.9 Å². The summed E-state index contributed by atoms with van der Waals surface area (Å²) in [6.07, 6.45) is 3.60. The first-order valence-corrected chi connectivity index (χ1v) is 9.38. The number of carbonyl (C=O) groups is 1. The van der Waals surface area contributed by atoms with Crippen molar-refractivity contribution in [2.75, 3.05) is 53.4 Å². The van der Waals surface area contributed by atoms with E-state index < -0.39 is 0 Å². The molecule has 5 heteroatoms. The topological polar surface area (TPSA) is 36.0 Å².